The van der Waals surface area contributed by atoms with Crippen LogP contribution in [-0.4, -0.2) is 44.3 Å². The molecule has 0 aromatic carbocycles. The maximum Gasteiger partial charge on any atom is 0.0589 e. The molecule has 0 atom stereocenters. The van der Waals surface area contributed by atoms with E-state index in [4.69, 9.17) is 10.5 Å². The lowest BCUT2D eigenvalue weighted by atomic mass is 10.1. The van der Waals surface area contributed by atoms with E-state index < -0.39 is 0 Å². The maximum atomic E-state index is 5.46. The predicted octanol–water partition coefficient (Wildman–Crippen LogP) is 2.25. The van der Waals surface area contributed by atoms with Crippen molar-refractivity contribution in [1.82, 2.24) is 4.90 Å². The summed E-state index contributed by atoms with van der Waals surface area (Å²) in [4.78, 5) is 2.49. The third kappa shape index (κ3) is 9.13. The summed E-state index contributed by atoms with van der Waals surface area (Å²) in [6, 6.07) is 0.624. The number of ether oxygens (including phenoxy) is 1. The molecule has 16 heavy (non-hydrogen) atoms. The highest BCUT2D eigenvalue weighted by molar-refractivity contribution is 4.62. The topological polar surface area (TPSA) is 38.5 Å². The van der Waals surface area contributed by atoms with Crippen molar-refractivity contribution in [2.75, 3.05) is 33.4 Å². The van der Waals surface area contributed by atoms with E-state index in [0.29, 0.717) is 6.04 Å². The Labute approximate surface area is 101 Å². The van der Waals surface area contributed by atoms with Gasteiger partial charge in [-0.1, -0.05) is 19.3 Å². The number of hydrogen-bond donors (Lipinski definition) is 1. The van der Waals surface area contributed by atoms with Crippen LogP contribution in [0.5, 0.6) is 0 Å². The van der Waals surface area contributed by atoms with Gasteiger partial charge in [0.05, 0.1) is 6.61 Å². The normalized spacial score (nSPS) is 11.6. The van der Waals surface area contributed by atoms with Crippen LogP contribution in [0.2, 0.25) is 0 Å². The highest BCUT2D eigenvalue weighted by Gasteiger charge is 2.07. The Morgan fingerprint density at radius 3 is 2.19 bits per heavy atom. The summed E-state index contributed by atoms with van der Waals surface area (Å²) in [6.45, 7) is 8.44. The van der Waals surface area contributed by atoms with Crippen molar-refractivity contribution in [1.29, 1.82) is 0 Å². The fourth-order valence-electron chi connectivity index (χ4n) is 1.83. The second-order valence-electron chi connectivity index (χ2n) is 4.68. The first-order valence-electron chi connectivity index (χ1n) is 6.65. The maximum absolute atomic E-state index is 5.46. The summed E-state index contributed by atoms with van der Waals surface area (Å²) in [7, 11) is 1.77. The van der Waals surface area contributed by atoms with Gasteiger partial charge < -0.3 is 10.5 Å². The molecule has 2 N–H and O–H groups in total. The number of unbranched alkanes of at least 4 members (excludes halogenated alkanes) is 4. The van der Waals surface area contributed by atoms with Crippen molar-refractivity contribution in [3.05, 3.63) is 0 Å². The molecule has 0 saturated carbocycles. The fraction of sp³-hybridized carbons (Fsp3) is 1.00. The summed E-state index contributed by atoms with van der Waals surface area (Å²) >= 11 is 0. The molecule has 0 aliphatic carbocycles. The van der Waals surface area contributed by atoms with E-state index in [9.17, 15) is 0 Å². The van der Waals surface area contributed by atoms with Crippen LogP contribution in [0.3, 0.4) is 0 Å². The van der Waals surface area contributed by atoms with Gasteiger partial charge in [-0.3, -0.25) is 4.90 Å². The Kier molecular flexibility index (Phi) is 11.3. The summed E-state index contributed by atoms with van der Waals surface area (Å²) in [5.74, 6) is 0. The molecule has 0 spiro atoms. The quantitative estimate of drug-likeness (QED) is 0.553. The van der Waals surface area contributed by atoms with Gasteiger partial charge in [0, 0.05) is 19.7 Å². The lowest BCUT2D eigenvalue weighted by Gasteiger charge is -2.26. The minimum absolute atomic E-state index is 0.624. The average molecular weight is 230 g/mol. The summed E-state index contributed by atoms with van der Waals surface area (Å²) in [6.07, 6.45) is 6.42. The van der Waals surface area contributed by atoms with Crippen molar-refractivity contribution >= 4 is 0 Å². The highest BCUT2D eigenvalue weighted by Crippen LogP contribution is 2.06. The number of methoxy groups -OCH3 is 1. The first-order chi connectivity index (χ1) is 7.72. The molecule has 0 heterocycles. The van der Waals surface area contributed by atoms with Crippen LogP contribution in [-0.2, 0) is 4.74 Å². The molecule has 0 unspecified atom stereocenters. The molecule has 0 saturated heterocycles. The SMILES string of the molecule is COCCN(CCCCCCCN)C(C)C. The Morgan fingerprint density at radius 1 is 1.00 bits per heavy atom. The summed E-state index contributed by atoms with van der Waals surface area (Å²) < 4.78 is 5.13. The van der Waals surface area contributed by atoms with Gasteiger partial charge in [-0.2, -0.15) is 0 Å². The molecular weight excluding hydrogens is 200 g/mol. The molecule has 0 aliphatic heterocycles. The van der Waals surface area contributed by atoms with Crippen LogP contribution in [0, 0.1) is 0 Å². The van der Waals surface area contributed by atoms with E-state index >= 15 is 0 Å². The molecule has 0 bridgehead atoms. The van der Waals surface area contributed by atoms with Gasteiger partial charge in [-0.15, -0.1) is 0 Å². The minimum atomic E-state index is 0.624. The Hall–Kier alpha value is -0.120. The van der Waals surface area contributed by atoms with Gasteiger partial charge >= 0.3 is 0 Å². The zero-order valence-corrected chi connectivity index (χ0v) is 11.4. The van der Waals surface area contributed by atoms with Gasteiger partial charge in [0.1, 0.15) is 0 Å². The zero-order chi connectivity index (χ0) is 12.2. The molecule has 3 heteroatoms. The Bertz CT molecular complexity index is 140. The molecular formula is C13H30N2O. The van der Waals surface area contributed by atoms with Crippen molar-refractivity contribution in [3.8, 4) is 0 Å². The van der Waals surface area contributed by atoms with E-state index in [1.54, 1.807) is 7.11 Å². The number of rotatable bonds is 11. The van der Waals surface area contributed by atoms with Gasteiger partial charge in [0.15, 0.2) is 0 Å². The Morgan fingerprint density at radius 2 is 1.62 bits per heavy atom. The van der Waals surface area contributed by atoms with E-state index in [-0.39, 0.29) is 0 Å². The third-order valence-electron chi connectivity index (χ3n) is 2.96. The number of nitrogens with two attached hydrogens (primary N) is 1. The average Bonchev–Trinajstić information content (AvgIpc) is 2.26. The van der Waals surface area contributed by atoms with Crippen molar-refractivity contribution in [2.45, 2.75) is 52.0 Å². The monoisotopic (exact) mass is 230 g/mol. The van der Waals surface area contributed by atoms with Crippen LogP contribution >= 0.6 is 0 Å². The second kappa shape index (κ2) is 11.4. The van der Waals surface area contributed by atoms with Crippen LogP contribution in [0.4, 0.5) is 0 Å². The van der Waals surface area contributed by atoms with Gasteiger partial charge in [0.25, 0.3) is 0 Å². The second-order valence-corrected chi connectivity index (χ2v) is 4.68. The smallest absolute Gasteiger partial charge is 0.0589 e. The molecule has 0 amide bonds. The van der Waals surface area contributed by atoms with E-state index in [1.807, 2.05) is 0 Å². The van der Waals surface area contributed by atoms with Crippen LogP contribution in [0.15, 0.2) is 0 Å². The largest absolute Gasteiger partial charge is 0.383 e. The molecule has 0 radical (unpaired) electrons. The Balaban J connectivity index is 3.44. The predicted molar refractivity (Wildman–Crippen MR) is 70.7 cm³/mol. The van der Waals surface area contributed by atoms with Crippen LogP contribution < -0.4 is 5.73 Å². The number of hydrogen-bond acceptors (Lipinski definition) is 3. The summed E-state index contributed by atoms with van der Waals surface area (Å²) in [5, 5.41) is 0. The van der Waals surface area contributed by atoms with E-state index in [1.165, 1.54) is 38.6 Å². The first-order valence-corrected chi connectivity index (χ1v) is 6.65. The molecule has 0 aromatic heterocycles. The van der Waals surface area contributed by atoms with Gasteiger partial charge in [-0.25, -0.2) is 0 Å². The highest BCUT2D eigenvalue weighted by atomic mass is 16.5. The standard InChI is InChI=1S/C13H30N2O/c1-13(2)15(11-12-16-3)10-8-6-4-5-7-9-14/h13H,4-12,14H2,1-3H3. The van der Waals surface area contributed by atoms with Crippen molar-refractivity contribution in [3.63, 3.8) is 0 Å². The molecule has 0 aliphatic rings. The third-order valence-corrected chi connectivity index (χ3v) is 2.96. The lowest BCUT2D eigenvalue weighted by molar-refractivity contribution is 0.128. The van der Waals surface area contributed by atoms with Crippen LogP contribution in [0.25, 0.3) is 0 Å². The molecule has 3 nitrogen and oxygen atoms in total. The van der Waals surface area contributed by atoms with Gasteiger partial charge in [0.2, 0.25) is 0 Å². The molecule has 98 valence electrons. The van der Waals surface area contributed by atoms with Crippen molar-refractivity contribution in [2.24, 2.45) is 5.73 Å². The van der Waals surface area contributed by atoms with Gasteiger partial charge in [-0.05, 0) is 39.8 Å². The fourth-order valence-corrected chi connectivity index (χ4v) is 1.83. The molecule has 0 rings (SSSR count). The summed E-state index contributed by atoms with van der Waals surface area (Å²) in [5.41, 5.74) is 5.46. The van der Waals surface area contributed by atoms with Crippen molar-refractivity contribution < 1.29 is 4.74 Å². The molecule has 0 aromatic rings. The first kappa shape index (κ1) is 15.9. The zero-order valence-electron chi connectivity index (χ0n) is 11.4. The minimum Gasteiger partial charge on any atom is -0.383 e. The lowest BCUT2D eigenvalue weighted by Crippen LogP contribution is -2.34. The molecule has 0 fully saturated rings. The number of nitrogens with zero attached hydrogens (tertiary/aromatic N) is 1. The van der Waals surface area contributed by atoms with E-state index in [2.05, 4.69) is 18.7 Å². The van der Waals surface area contributed by atoms with Crippen LogP contribution in [0.1, 0.15) is 46.0 Å². The van der Waals surface area contributed by atoms with E-state index in [0.717, 1.165) is 19.7 Å².